The van der Waals surface area contributed by atoms with Crippen molar-refractivity contribution in [1.82, 2.24) is 0 Å². The fourth-order valence-corrected chi connectivity index (χ4v) is 2.94. The van der Waals surface area contributed by atoms with E-state index in [-0.39, 0.29) is 17.8 Å². The number of fused-ring (bicyclic) bond motifs is 1. The highest BCUT2D eigenvalue weighted by Gasteiger charge is 2.45. The molecule has 2 unspecified atom stereocenters. The molecule has 0 aliphatic heterocycles. The maximum absolute atomic E-state index is 9.34. The van der Waals surface area contributed by atoms with E-state index in [4.69, 9.17) is 0 Å². The maximum atomic E-state index is 9.34. The number of hydrogen-bond donors (Lipinski definition) is 2. The molecule has 2 aliphatic carbocycles. The smallest absolute Gasteiger partial charge is 0.0781 e. The molecule has 1 saturated carbocycles. The zero-order chi connectivity index (χ0) is 13.2. The lowest BCUT2D eigenvalue weighted by Crippen LogP contribution is -2.15. The molecule has 2 aliphatic rings. The molecule has 96 valence electrons. The lowest BCUT2D eigenvalue weighted by molar-refractivity contribution is 0.314. The van der Waals surface area contributed by atoms with Gasteiger partial charge in [0.15, 0.2) is 0 Å². The van der Waals surface area contributed by atoms with Crippen LogP contribution in [0.3, 0.4) is 0 Å². The van der Waals surface area contributed by atoms with Gasteiger partial charge in [0, 0.05) is 11.8 Å². The molecule has 3 rings (SSSR count). The number of hydrogen-bond acceptors (Lipinski definition) is 4. The predicted molar refractivity (Wildman–Crippen MR) is 72.9 cm³/mol. The Morgan fingerprint density at radius 1 is 0.789 bits per heavy atom. The summed E-state index contributed by atoms with van der Waals surface area (Å²) in [6.45, 7) is 0. The third kappa shape index (κ3) is 1.76. The molecule has 4 nitrogen and oxygen atoms in total. The Kier molecular flexibility index (Phi) is 2.91. The zero-order valence-electron chi connectivity index (χ0n) is 10.2. The van der Waals surface area contributed by atoms with E-state index in [0.29, 0.717) is 11.4 Å². The van der Waals surface area contributed by atoms with Crippen LogP contribution in [0.4, 0.5) is 0 Å². The zero-order valence-corrected chi connectivity index (χ0v) is 10.2. The predicted octanol–water partition coefficient (Wildman–Crippen LogP) is 2.80. The molecular weight excluding hydrogens is 240 g/mol. The molecule has 0 heterocycles. The minimum atomic E-state index is -0.265. The average molecular weight is 254 g/mol. The first kappa shape index (κ1) is 11.7. The van der Waals surface area contributed by atoms with Crippen molar-refractivity contribution < 1.29 is 10.4 Å². The second kappa shape index (κ2) is 4.72. The molecular formula is C15H14N2O2. The first-order valence-electron chi connectivity index (χ1n) is 6.20. The fourth-order valence-electron chi connectivity index (χ4n) is 2.94. The van der Waals surface area contributed by atoms with E-state index in [2.05, 4.69) is 10.3 Å². The molecule has 1 fully saturated rings. The maximum Gasteiger partial charge on any atom is 0.0781 e. The number of allylic oxidation sites excluding steroid dienone is 4. The number of benzene rings is 1. The molecule has 0 radical (unpaired) electrons. The van der Waals surface area contributed by atoms with E-state index in [9.17, 15) is 10.4 Å². The van der Waals surface area contributed by atoms with Crippen LogP contribution < -0.4 is 0 Å². The Balaban J connectivity index is 2.12. The second-order valence-electron chi connectivity index (χ2n) is 4.71. The summed E-state index contributed by atoms with van der Waals surface area (Å²) in [4.78, 5) is 0. The SMILES string of the molecule is O/N=C1\C(c2ccccc2)/C(=N\O)C2C=CC=CC12. The van der Waals surface area contributed by atoms with Gasteiger partial charge in [-0.15, -0.1) is 0 Å². The lowest BCUT2D eigenvalue weighted by Gasteiger charge is -2.13. The summed E-state index contributed by atoms with van der Waals surface area (Å²) in [5, 5.41) is 25.6. The quantitative estimate of drug-likeness (QED) is 0.598. The van der Waals surface area contributed by atoms with Crippen molar-refractivity contribution in [3.05, 3.63) is 60.2 Å². The van der Waals surface area contributed by atoms with E-state index in [0.717, 1.165) is 5.56 Å². The van der Waals surface area contributed by atoms with E-state index >= 15 is 0 Å². The van der Waals surface area contributed by atoms with Crippen molar-refractivity contribution in [1.29, 1.82) is 0 Å². The van der Waals surface area contributed by atoms with Crippen LogP contribution >= 0.6 is 0 Å². The van der Waals surface area contributed by atoms with Gasteiger partial charge in [0.2, 0.25) is 0 Å². The summed E-state index contributed by atoms with van der Waals surface area (Å²) in [6, 6.07) is 9.67. The summed E-state index contributed by atoms with van der Waals surface area (Å²) in [5.41, 5.74) is 2.23. The van der Waals surface area contributed by atoms with Crippen LogP contribution in [0.2, 0.25) is 0 Å². The van der Waals surface area contributed by atoms with E-state index in [1.807, 2.05) is 54.6 Å². The minimum absolute atomic E-state index is 0.0360. The molecule has 4 heteroatoms. The van der Waals surface area contributed by atoms with Gasteiger partial charge < -0.3 is 10.4 Å². The number of rotatable bonds is 1. The highest BCUT2D eigenvalue weighted by Crippen LogP contribution is 2.41. The molecule has 0 spiro atoms. The van der Waals surface area contributed by atoms with Crippen molar-refractivity contribution in [2.75, 3.05) is 0 Å². The van der Waals surface area contributed by atoms with Crippen molar-refractivity contribution >= 4 is 11.4 Å². The third-order valence-electron chi connectivity index (χ3n) is 3.77. The molecule has 19 heavy (non-hydrogen) atoms. The minimum Gasteiger partial charge on any atom is -0.411 e. The molecule has 0 bridgehead atoms. The van der Waals surface area contributed by atoms with Gasteiger partial charge in [0.05, 0.1) is 17.3 Å². The highest BCUT2D eigenvalue weighted by atomic mass is 16.4. The third-order valence-corrected chi connectivity index (χ3v) is 3.77. The second-order valence-corrected chi connectivity index (χ2v) is 4.71. The summed E-state index contributed by atoms with van der Waals surface area (Å²) in [5.74, 6) is -0.337. The van der Waals surface area contributed by atoms with Crippen molar-refractivity contribution in [2.24, 2.45) is 22.1 Å². The Bertz CT molecular complexity index is 553. The molecule has 0 amide bonds. The standard InChI is InChI=1S/C15H14N2O2/c18-16-14-11-8-4-5-9-12(11)15(17-19)13(14)10-6-2-1-3-7-10/h1-9,11-13,18-19H/b16-14-,17-15-. The van der Waals surface area contributed by atoms with E-state index in [1.54, 1.807) is 0 Å². The van der Waals surface area contributed by atoms with Crippen LogP contribution in [0.15, 0.2) is 64.9 Å². The van der Waals surface area contributed by atoms with Gasteiger partial charge in [-0.1, -0.05) is 64.9 Å². The van der Waals surface area contributed by atoms with Crippen LogP contribution in [0, 0.1) is 11.8 Å². The fraction of sp³-hybridized carbons (Fsp3) is 0.200. The Hall–Kier alpha value is -2.36. The lowest BCUT2D eigenvalue weighted by atomic mass is 9.90. The molecule has 1 aromatic rings. The van der Waals surface area contributed by atoms with Gasteiger partial charge in [-0.2, -0.15) is 0 Å². The van der Waals surface area contributed by atoms with Crippen LogP contribution in [0.25, 0.3) is 0 Å². The Morgan fingerprint density at radius 2 is 1.32 bits per heavy atom. The number of oxime groups is 2. The van der Waals surface area contributed by atoms with Crippen molar-refractivity contribution in [2.45, 2.75) is 5.92 Å². The van der Waals surface area contributed by atoms with Crippen molar-refractivity contribution in [3.63, 3.8) is 0 Å². The summed E-state index contributed by atoms with van der Waals surface area (Å²) in [6.07, 6.45) is 7.81. The average Bonchev–Trinajstić information content (AvgIpc) is 2.81. The summed E-state index contributed by atoms with van der Waals surface area (Å²) in [7, 11) is 0. The van der Waals surface area contributed by atoms with Crippen molar-refractivity contribution in [3.8, 4) is 0 Å². The Labute approximate surface area is 111 Å². The van der Waals surface area contributed by atoms with Gasteiger partial charge in [-0.25, -0.2) is 0 Å². The summed E-state index contributed by atoms with van der Waals surface area (Å²) >= 11 is 0. The van der Waals surface area contributed by atoms with Crippen LogP contribution in [0.1, 0.15) is 11.5 Å². The van der Waals surface area contributed by atoms with Gasteiger partial charge in [-0.3, -0.25) is 0 Å². The largest absolute Gasteiger partial charge is 0.411 e. The first-order valence-corrected chi connectivity index (χ1v) is 6.20. The van der Waals surface area contributed by atoms with Crippen LogP contribution in [-0.2, 0) is 0 Å². The first-order chi connectivity index (χ1) is 9.36. The van der Waals surface area contributed by atoms with Crippen LogP contribution in [0.5, 0.6) is 0 Å². The van der Waals surface area contributed by atoms with E-state index in [1.165, 1.54) is 0 Å². The monoisotopic (exact) mass is 254 g/mol. The molecule has 2 N–H and O–H groups in total. The van der Waals surface area contributed by atoms with E-state index < -0.39 is 0 Å². The summed E-state index contributed by atoms with van der Waals surface area (Å²) < 4.78 is 0. The topological polar surface area (TPSA) is 65.2 Å². The molecule has 1 aromatic carbocycles. The van der Waals surface area contributed by atoms with Gasteiger partial charge >= 0.3 is 0 Å². The Morgan fingerprint density at radius 3 is 1.79 bits per heavy atom. The highest BCUT2D eigenvalue weighted by molar-refractivity contribution is 6.21. The van der Waals surface area contributed by atoms with Gasteiger partial charge in [0.1, 0.15) is 0 Å². The normalized spacial score (nSPS) is 32.9. The molecule has 0 saturated heterocycles. The van der Waals surface area contributed by atoms with Gasteiger partial charge in [-0.05, 0) is 5.56 Å². The van der Waals surface area contributed by atoms with Crippen LogP contribution in [-0.4, -0.2) is 21.8 Å². The number of nitrogens with zero attached hydrogens (tertiary/aromatic N) is 2. The van der Waals surface area contributed by atoms with Gasteiger partial charge in [0.25, 0.3) is 0 Å². The molecule has 0 aromatic heterocycles. The molecule has 2 atom stereocenters.